The van der Waals surface area contributed by atoms with Crippen LogP contribution >= 0.6 is 23.2 Å². The molecule has 2 amide bonds. The van der Waals surface area contributed by atoms with Crippen LogP contribution in [0.25, 0.3) is 50.9 Å². The molecule has 398 valence electrons. The molecule has 18 heteroatoms. The second-order valence-corrected chi connectivity index (χ2v) is 21.1. The highest BCUT2D eigenvalue weighted by atomic mass is 35.5. The number of pyridine rings is 3. The SMILES string of the molecule is COc1cnc(Cl)c2[nH]cc(C(=O)C(=O)N3CCC(=C4c5ccc(Cl)cc5CC(Cc5ncn(-c6ncc(OC)c7c(C(=O)C(=O)N8CCC(=C9c%10ccccc%10C=Cc%10ccccc%109)CC8)c[nH]c67)n5)c5cccnc54)CC3)c12. The number of H-pyrrole nitrogens is 2. The first-order chi connectivity index (χ1) is 39.1. The molecule has 6 aromatic heterocycles. The smallest absolute Gasteiger partial charge is 0.295 e. The molecule has 9 aromatic rings. The van der Waals surface area contributed by atoms with Crippen molar-refractivity contribution in [3.05, 3.63) is 199 Å². The number of nitrogens with zero attached hydrogens (tertiary/aromatic N) is 8. The number of hydrogen-bond acceptors (Lipinski definition) is 11. The molecular weight excluding hydrogens is 1050 g/mol. The zero-order valence-electron chi connectivity index (χ0n) is 43.6. The molecule has 80 heavy (non-hydrogen) atoms. The number of rotatable bonds is 9. The highest BCUT2D eigenvalue weighted by Gasteiger charge is 2.35. The van der Waals surface area contributed by atoms with Gasteiger partial charge < -0.3 is 29.2 Å². The minimum Gasteiger partial charge on any atom is -0.494 e. The number of ether oxygens (including phenoxy) is 2. The molecule has 0 saturated carbocycles. The van der Waals surface area contributed by atoms with Gasteiger partial charge in [-0.15, -0.1) is 5.10 Å². The van der Waals surface area contributed by atoms with Crippen molar-refractivity contribution >= 4 is 91.7 Å². The average Bonchev–Trinajstić information content (AvgIpc) is 4.44. The van der Waals surface area contributed by atoms with E-state index in [0.29, 0.717) is 115 Å². The summed E-state index contributed by atoms with van der Waals surface area (Å²) in [6, 6.07) is 26.7. The summed E-state index contributed by atoms with van der Waals surface area (Å²) in [5, 5.41) is 6.57. The van der Waals surface area contributed by atoms with E-state index in [0.717, 1.165) is 55.8 Å². The van der Waals surface area contributed by atoms with Gasteiger partial charge in [-0.3, -0.25) is 24.2 Å². The maximum Gasteiger partial charge on any atom is 0.295 e. The van der Waals surface area contributed by atoms with Gasteiger partial charge in [0, 0.05) is 61.8 Å². The number of piperidine rings is 2. The molecule has 2 saturated heterocycles. The number of Topliss-reactive ketones (excluding diaryl/α,β-unsaturated/α-hetero) is 2. The maximum atomic E-state index is 14.4. The number of fused-ring (bicyclic) bond motifs is 6. The van der Waals surface area contributed by atoms with E-state index in [-0.39, 0.29) is 22.2 Å². The third kappa shape index (κ3) is 8.75. The quantitative estimate of drug-likeness (QED) is 0.0793. The lowest BCUT2D eigenvalue weighted by Crippen LogP contribution is -2.40. The monoisotopic (exact) mass is 1100 g/mol. The van der Waals surface area contributed by atoms with Crippen LogP contribution < -0.4 is 9.47 Å². The lowest BCUT2D eigenvalue weighted by molar-refractivity contribution is -0.127. The van der Waals surface area contributed by atoms with Gasteiger partial charge in [-0.1, -0.05) is 107 Å². The van der Waals surface area contributed by atoms with Crippen LogP contribution in [0.4, 0.5) is 0 Å². The summed E-state index contributed by atoms with van der Waals surface area (Å²) in [4.78, 5) is 84.4. The van der Waals surface area contributed by atoms with Crippen LogP contribution in [0.2, 0.25) is 10.2 Å². The van der Waals surface area contributed by atoms with Crippen molar-refractivity contribution in [1.29, 1.82) is 0 Å². The van der Waals surface area contributed by atoms with E-state index in [2.05, 4.69) is 69.6 Å². The summed E-state index contributed by atoms with van der Waals surface area (Å²) < 4.78 is 12.8. The van der Waals surface area contributed by atoms with Crippen LogP contribution in [0, 0.1) is 0 Å². The Hall–Kier alpha value is -8.99. The van der Waals surface area contributed by atoms with E-state index in [1.165, 1.54) is 44.0 Å². The summed E-state index contributed by atoms with van der Waals surface area (Å²) in [6.07, 6.45) is 17.0. The Bertz CT molecular complexity index is 4100. The van der Waals surface area contributed by atoms with Gasteiger partial charge in [-0.2, -0.15) is 0 Å². The van der Waals surface area contributed by atoms with Gasteiger partial charge in [0.25, 0.3) is 23.4 Å². The molecule has 1 atom stereocenters. The van der Waals surface area contributed by atoms with Crippen LogP contribution in [0.3, 0.4) is 0 Å². The fraction of sp³-hybridized carbons (Fsp3) is 0.210. The summed E-state index contributed by atoms with van der Waals surface area (Å²) in [5.74, 6) is -1.05. The molecule has 2 aliphatic carbocycles. The van der Waals surface area contributed by atoms with Crippen molar-refractivity contribution in [2.75, 3.05) is 40.4 Å². The standard InChI is InChI=1S/C62H50Cl2N10O6/c1-79-47-31-68-59(64)55-52(47)45(29-66-55)57(75)61(77)73-24-19-37(20-25-73)51-43-16-15-40(63)27-38(43)26-39(44-12-7-21-65-54(44)51)28-49-70-33-74(71-49)60-56-53(48(80-2)32-69-60)46(30-67-56)58(76)62(78)72-22-17-36(18-23-72)50-41-10-5-3-8-34(41)13-14-35-9-4-6-11-42(35)50/h3-16,21,27,29-33,39,66-67H,17-20,22-26,28H2,1-2H3. The molecular formula is C62H50Cl2N10O6. The molecule has 2 N–H and O–H groups in total. The zero-order chi connectivity index (χ0) is 54.8. The minimum absolute atomic E-state index is 0.136. The number of aromatic amines is 2. The Kier molecular flexibility index (Phi) is 13.0. The van der Waals surface area contributed by atoms with E-state index < -0.39 is 23.4 Å². The highest BCUT2D eigenvalue weighted by Crippen LogP contribution is 2.44. The number of halogens is 2. The van der Waals surface area contributed by atoms with E-state index in [1.54, 1.807) is 33.2 Å². The van der Waals surface area contributed by atoms with Gasteiger partial charge in [0.05, 0.1) is 65.2 Å². The highest BCUT2D eigenvalue weighted by molar-refractivity contribution is 6.46. The van der Waals surface area contributed by atoms with Crippen LogP contribution in [-0.4, -0.2) is 113 Å². The number of amides is 2. The zero-order valence-corrected chi connectivity index (χ0v) is 45.1. The summed E-state index contributed by atoms with van der Waals surface area (Å²) in [6.45, 7) is 1.45. The molecule has 4 aliphatic rings. The molecule has 0 spiro atoms. The summed E-state index contributed by atoms with van der Waals surface area (Å²) in [5.41, 5.74) is 14.3. The second kappa shape index (κ2) is 20.7. The molecule has 16 nitrogen and oxygen atoms in total. The Morgan fingerprint density at radius 3 is 1.88 bits per heavy atom. The van der Waals surface area contributed by atoms with Crippen molar-refractivity contribution < 1.29 is 28.7 Å². The fourth-order valence-electron chi connectivity index (χ4n) is 12.1. The van der Waals surface area contributed by atoms with Gasteiger partial charge in [-0.05, 0) is 101 Å². The van der Waals surface area contributed by atoms with Crippen molar-refractivity contribution in [3.63, 3.8) is 0 Å². The van der Waals surface area contributed by atoms with Crippen LogP contribution in [0.15, 0.2) is 127 Å². The number of carbonyl (C=O) groups is 4. The van der Waals surface area contributed by atoms with Crippen molar-refractivity contribution in [1.82, 2.24) is 49.5 Å². The molecule has 0 bridgehead atoms. The number of methoxy groups -OCH3 is 2. The van der Waals surface area contributed by atoms with Crippen molar-refractivity contribution in [2.45, 2.75) is 44.4 Å². The molecule has 3 aromatic carbocycles. The minimum atomic E-state index is -0.664. The average molecular weight is 1100 g/mol. The Morgan fingerprint density at radius 2 is 1.24 bits per heavy atom. The number of ketones is 2. The first-order valence-corrected chi connectivity index (χ1v) is 27.2. The topological polar surface area (TPSA) is 194 Å². The molecule has 13 rings (SSSR count). The Balaban J connectivity index is 0.748. The van der Waals surface area contributed by atoms with Gasteiger partial charge in [0.1, 0.15) is 17.8 Å². The fourth-order valence-corrected chi connectivity index (χ4v) is 12.5. The number of benzene rings is 3. The second-order valence-electron chi connectivity index (χ2n) is 20.3. The lowest BCUT2D eigenvalue weighted by Gasteiger charge is -2.30. The number of carbonyl (C=O) groups excluding carboxylic acids is 4. The Labute approximate surface area is 468 Å². The Morgan fingerprint density at radius 1 is 0.650 bits per heavy atom. The number of hydrogen-bond donors (Lipinski definition) is 2. The van der Waals surface area contributed by atoms with Crippen molar-refractivity contribution in [3.8, 4) is 17.3 Å². The predicted octanol–water partition coefficient (Wildman–Crippen LogP) is 10.7. The normalized spacial score (nSPS) is 16.0. The van der Waals surface area contributed by atoms with Gasteiger partial charge in [0.2, 0.25) is 0 Å². The van der Waals surface area contributed by atoms with Crippen molar-refractivity contribution in [2.24, 2.45) is 0 Å². The van der Waals surface area contributed by atoms with Crippen LogP contribution in [0.1, 0.15) is 103 Å². The molecule has 1 unspecified atom stereocenters. The van der Waals surface area contributed by atoms with Crippen LogP contribution in [-0.2, 0) is 22.4 Å². The van der Waals surface area contributed by atoms with Gasteiger partial charge in [0.15, 0.2) is 16.8 Å². The third-order valence-electron chi connectivity index (χ3n) is 16.0. The molecule has 2 aliphatic heterocycles. The number of likely N-dealkylation sites (tertiary alicyclic amines) is 2. The summed E-state index contributed by atoms with van der Waals surface area (Å²) >= 11 is 13.1. The summed E-state index contributed by atoms with van der Waals surface area (Å²) in [7, 11) is 2.98. The van der Waals surface area contributed by atoms with E-state index in [4.69, 9.17) is 52.7 Å². The van der Waals surface area contributed by atoms with E-state index in [1.807, 2.05) is 36.4 Å². The maximum absolute atomic E-state index is 14.4. The van der Waals surface area contributed by atoms with Crippen LogP contribution in [0.5, 0.6) is 11.5 Å². The van der Waals surface area contributed by atoms with E-state index >= 15 is 0 Å². The first-order valence-electron chi connectivity index (χ1n) is 26.4. The first kappa shape index (κ1) is 50.5. The molecule has 0 radical (unpaired) electrons. The molecule has 8 heterocycles. The number of aromatic nitrogens is 8. The number of nitrogens with one attached hydrogen (secondary N) is 2. The third-order valence-corrected chi connectivity index (χ3v) is 16.5. The predicted molar refractivity (Wildman–Crippen MR) is 305 cm³/mol. The van der Waals surface area contributed by atoms with Gasteiger partial charge in [-0.25, -0.2) is 19.6 Å². The largest absolute Gasteiger partial charge is 0.494 e. The van der Waals surface area contributed by atoms with Gasteiger partial charge >= 0.3 is 0 Å². The van der Waals surface area contributed by atoms with E-state index in [9.17, 15) is 19.2 Å². The lowest BCUT2D eigenvalue weighted by atomic mass is 9.86. The molecule has 2 fully saturated rings.